The van der Waals surface area contributed by atoms with E-state index in [1.165, 1.54) is 0 Å². The van der Waals surface area contributed by atoms with Gasteiger partial charge in [0.15, 0.2) is 0 Å². The van der Waals surface area contributed by atoms with Crippen molar-refractivity contribution in [3.63, 3.8) is 0 Å². The van der Waals surface area contributed by atoms with Gasteiger partial charge >= 0.3 is 0 Å². The molecule has 146 valence electrons. The first-order valence-corrected chi connectivity index (χ1v) is 10.7. The average Bonchev–Trinajstić information content (AvgIpc) is 2.68. The summed E-state index contributed by atoms with van der Waals surface area (Å²) in [6.07, 6.45) is 0.0464. The molecule has 0 saturated heterocycles. The van der Waals surface area contributed by atoms with E-state index in [0.29, 0.717) is 5.02 Å². The molecule has 7 heteroatoms. The Hall–Kier alpha value is -2.41. The maximum Gasteiger partial charge on any atom is 0.240 e. The molecular weight excluding hydrogens is 396 g/mol. The van der Waals surface area contributed by atoms with Crippen molar-refractivity contribution in [2.24, 2.45) is 0 Å². The lowest BCUT2D eigenvalue weighted by Crippen LogP contribution is -2.32. The number of amides is 1. The number of carbonyl (C=O) groups is 1. The Labute approximate surface area is 169 Å². The third kappa shape index (κ3) is 5.10. The van der Waals surface area contributed by atoms with E-state index in [1.807, 2.05) is 43.3 Å². The minimum absolute atomic E-state index is 0.0222. The molecule has 3 aromatic rings. The highest BCUT2D eigenvalue weighted by molar-refractivity contribution is 7.89. The van der Waals surface area contributed by atoms with E-state index >= 15 is 0 Å². The molecule has 0 aliphatic carbocycles. The molecule has 3 aromatic carbocycles. The summed E-state index contributed by atoms with van der Waals surface area (Å²) < 4.78 is 27.4. The molecule has 0 radical (unpaired) electrons. The molecule has 0 saturated carbocycles. The molecule has 1 atom stereocenters. The van der Waals surface area contributed by atoms with Gasteiger partial charge in [-0.25, -0.2) is 13.1 Å². The van der Waals surface area contributed by atoms with Gasteiger partial charge in [0.2, 0.25) is 15.9 Å². The van der Waals surface area contributed by atoms with Crippen LogP contribution in [0.25, 0.3) is 10.8 Å². The van der Waals surface area contributed by atoms with Gasteiger partial charge in [-0.1, -0.05) is 54.1 Å². The van der Waals surface area contributed by atoms with Gasteiger partial charge in [-0.15, -0.1) is 0 Å². The predicted molar refractivity (Wildman–Crippen MR) is 112 cm³/mol. The second-order valence-corrected chi connectivity index (χ2v) is 8.70. The fraction of sp³-hybridized carbons (Fsp3) is 0.190. The SMILES string of the molecule is C[C@H](NC(=O)CCNS(=O)(=O)c1ccc2ccccc2c1)c1ccc(Cl)cc1. The Bertz CT molecular complexity index is 1080. The van der Waals surface area contributed by atoms with Crippen molar-refractivity contribution in [1.82, 2.24) is 10.0 Å². The fourth-order valence-corrected chi connectivity index (χ4v) is 4.06. The summed E-state index contributed by atoms with van der Waals surface area (Å²) in [5.74, 6) is -0.233. The average molecular weight is 417 g/mol. The highest BCUT2D eigenvalue weighted by atomic mass is 35.5. The number of sulfonamides is 1. The van der Waals surface area contributed by atoms with Crippen LogP contribution < -0.4 is 10.0 Å². The maximum atomic E-state index is 12.5. The molecule has 3 rings (SSSR count). The van der Waals surface area contributed by atoms with Crippen LogP contribution in [0.15, 0.2) is 71.6 Å². The standard InChI is InChI=1S/C21H21ClN2O3S/c1-15(16-6-9-19(22)10-7-16)24-21(25)12-13-23-28(26,27)20-11-8-17-4-2-3-5-18(17)14-20/h2-11,14-15,23H,12-13H2,1H3,(H,24,25)/t15-/m0/s1. The molecule has 1 amide bonds. The first-order chi connectivity index (χ1) is 13.3. The van der Waals surface area contributed by atoms with E-state index in [9.17, 15) is 13.2 Å². The van der Waals surface area contributed by atoms with Crippen molar-refractivity contribution in [1.29, 1.82) is 0 Å². The zero-order valence-electron chi connectivity index (χ0n) is 15.4. The topological polar surface area (TPSA) is 75.3 Å². The lowest BCUT2D eigenvalue weighted by molar-refractivity contribution is -0.121. The lowest BCUT2D eigenvalue weighted by Gasteiger charge is -2.14. The number of hydrogen-bond acceptors (Lipinski definition) is 3. The molecule has 0 bridgehead atoms. The van der Waals surface area contributed by atoms with Gasteiger partial charge in [0, 0.05) is 18.0 Å². The van der Waals surface area contributed by atoms with E-state index in [4.69, 9.17) is 11.6 Å². The van der Waals surface area contributed by atoms with Crippen LogP contribution in [0.1, 0.15) is 24.9 Å². The molecule has 28 heavy (non-hydrogen) atoms. The number of carbonyl (C=O) groups excluding carboxylic acids is 1. The van der Waals surface area contributed by atoms with Crippen molar-refractivity contribution in [3.05, 3.63) is 77.3 Å². The minimum Gasteiger partial charge on any atom is -0.350 e. The summed E-state index contributed by atoms with van der Waals surface area (Å²) in [6, 6.07) is 19.5. The van der Waals surface area contributed by atoms with Crippen LogP contribution in [0, 0.1) is 0 Å². The second kappa shape index (κ2) is 8.73. The van der Waals surface area contributed by atoms with E-state index in [-0.39, 0.29) is 29.8 Å². The zero-order chi connectivity index (χ0) is 20.1. The van der Waals surface area contributed by atoms with E-state index in [1.54, 1.807) is 30.3 Å². The van der Waals surface area contributed by atoms with Crippen LogP contribution in [-0.4, -0.2) is 20.9 Å². The fourth-order valence-electron chi connectivity index (χ4n) is 2.87. The van der Waals surface area contributed by atoms with Gasteiger partial charge in [-0.2, -0.15) is 0 Å². The predicted octanol–water partition coefficient (Wildman–Crippen LogP) is 4.04. The molecule has 0 spiro atoms. The molecule has 0 aliphatic heterocycles. The molecule has 0 aromatic heterocycles. The second-order valence-electron chi connectivity index (χ2n) is 6.50. The zero-order valence-corrected chi connectivity index (χ0v) is 16.9. The van der Waals surface area contributed by atoms with Gasteiger partial charge in [0.25, 0.3) is 0 Å². The molecule has 0 unspecified atom stereocenters. The van der Waals surface area contributed by atoms with Gasteiger partial charge < -0.3 is 5.32 Å². The number of rotatable bonds is 7. The number of halogens is 1. The number of fused-ring (bicyclic) bond motifs is 1. The van der Waals surface area contributed by atoms with Crippen LogP contribution in [0.5, 0.6) is 0 Å². The Balaban J connectivity index is 1.55. The summed E-state index contributed by atoms with van der Waals surface area (Å²) in [4.78, 5) is 12.3. The normalized spacial score (nSPS) is 12.6. The Kier molecular flexibility index (Phi) is 6.34. The summed E-state index contributed by atoms with van der Waals surface area (Å²) in [5.41, 5.74) is 0.925. The lowest BCUT2D eigenvalue weighted by atomic mass is 10.1. The third-order valence-electron chi connectivity index (χ3n) is 4.42. The minimum atomic E-state index is -3.68. The molecule has 0 heterocycles. The van der Waals surface area contributed by atoms with E-state index in [0.717, 1.165) is 16.3 Å². The van der Waals surface area contributed by atoms with Gasteiger partial charge in [0.05, 0.1) is 10.9 Å². The first-order valence-electron chi connectivity index (χ1n) is 8.88. The van der Waals surface area contributed by atoms with Crippen LogP contribution in [0.3, 0.4) is 0 Å². The first kappa shape index (κ1) is 20.3. The summed E-state index contributed by atoms with van der Waals surface area (Å²) >= 11 is 5.86. The monoisotopic (exact) mass is 416 g/mol. The Morgan fingerprint density at radius 1 is 1.00 bits per heavy atom. The van der Waals surface area contributed by atoms with Crippen molar-refractivity contribution >= 4 is 38.3 Å². The van der Waals surface area contributed by atoms with E-state index in [2.05, 4.69) is 10.0 Å². The number of benzene rings is 3. The van der Waals surface area contributed by atoms with Gasteiger partial charge in [-0.05, 0) is 47.5 Å². The Morgan fingerprint density at radius 2 is 1.68 bits per heavy atom. The van der Waals surface area contributed by atoms with Crippen LogP contribution in [-0.2, 0) is 14.8 Å². The largest absolute Gasteiger partial charge is 0.350 e. The number of hydrogen-bond donors (Lipinski definition) is 2. The highest BCUT2D eigenvalue weighted by Crippen LogP contribution is 2.19. The van der Waals surface area contributed by atoms with Crippen molar-refractivity contribution in [2.45, 2.75) is 24.3 Å². The van der Waals surface area contributed by atoms with Crippen LogP contribution in [0.2, 0.25) is 5.02 Å². The molecule has 5 nitrogen and oxygen atoms in total. The Morgan fingerprint density at radius 3 is 2.39 bits per heavy atom. The summed E-state index contributed by atoms with van der Waals surface area (Å²) in [7, 11) is -3.68. The molecule has 0 fully saturated rings. The third-order valence-corrected chi connectivity index (χ3v) is 6.13. The highest BCUT2D eigenvalue weighted by Gasteiger charge is 2.15. The molecule has 0 aliphatic rings. The quantitative estimate of drug-likeness (QED) is 0.610. The van der Waals surface area contributed by atoms with Crippen LogP contribution >= 0.6 is 11.6 Å². The smallest absolute Gasteiger partial charge is 0.240 e. The van der Waals surface area contributed by atoms with E-state index < -0.39 is 10.0 Å². The number of nitrogens with one attached hydrogen (secondary N) is 2. The van der Waals surface area contributed by atoms with Crippen molar-refractivity contribution < 1.29 is 13.2 Å². The molecular formula is C21H21ClN2O3S. The van der Waals surface area contributed by atoms with Crippen LogP contribution in [0.4, 0.5) is 0 Å². The maximum absolute atomic E-state index is 12.5. The van der Waals surface area contributed by atoms with Crippen molar-refractivity contribution in [3.8, 4) is 0 Å². The van der Waals surface area contributed by atoms with Crippen molar-refractivity contribution in [2.75, 3.05) is 6.54 Å². The van der Waals surface area contributed by atoms with Gasteiger partial charge in [-0.3, -0.25) is 4.79 Å². The molecule has 2 N–H and O–H groups in total. The summed E-state index contributed by atoms with van der Waals surface area (Å²) in [6.45, 7) is 1.88. The van der Waals surface area contributed by atoms with Gasteiger partial charge in [0.1, 0.15) is 0 Å². The summed E-state index contributed by atoms with van der Waals surface area (Å²) in [5, 5.41) is 5.30.